The van der Waals surface area contributed by atoms with Crippen LogP contribution in [0.4, 0.5) is 0 Å². The van der Waals surface area contributed by atoms with Crippen molar-refractivity contribution in [2.75, 3.05) is 13.1 Å². The first-order valence-electron chi connectivity index (χ1n) is 8.44. The molecule has 2 rings (SSSR count). The van der Waals surface area contributed by atoms with Crippen LogP contribution in [-0.4, -0.2) is 30.0 Å². The Morgan fingerprint density at radius 2 is 1.58 bits per heavy atom. The first kappa shape index (κ1) is 19.7. The molecule has 0 aliphatic carbocycles. The largest absolute Gasteiger partial charge is 0.355 e. The molecule has 0 aliphatic heterocycles. The van der Waals surface area contributed by atoms with Crippen LogP contribution in [0.25, 0.3) is 0 Å². The topological polar surface area (TPSA) is 75.3 Å². The molecule has 6 heteroatoms. The predicted molar refractivity (Wildman–Crippen MR) is 103 cm³/mol. The van der Waals surface area contributed by atoms with Crippen LogP contribution in [0.5, 0.6) is 0 Å². The van der Waals surface area contributed by atoms with E-state index in [1.807, 2.05) is 32.0 Å². The maximum Gasteiger partial charge on any atom is 0.252 e. The van der Waals surface area contributed by atoms with Crippen molar-refractivity contribution < 1.29 is 14.4 Å². The Labute approximate surface area is 157 Å². The summed E-state index contributed by atoms with van der Waals surface area (Å²) in [7, 11) is 0. The minimum atomic E-state index is -0.377. The molecule has 0 aliphatic rings. The number of hydrogen-bond acceptors (Lipinski definition) is 4. The Hall–Kier alpha value is -2.60. The smallest absolute Gasteiger partial charge is 0.252 e. The van der Waals surface area contributed by atoms with Gasteiger partial charge in [0.1, 0.15) is 0 Å². The van der Waals surface area contributed by atoms with Crippen LogP contribution in [0, 0.1) is 6.92 Å². The summed E-state index contributed by atoms with van der Waals surface area (Å²) in [6.45, 7) is 4.31. The number of thioether (sulfide) groups is 1. The van der Waals surface area contributed by atoms with Crippen molar-refractivity contribution in [1.29, 1.82) is 0 Å². The molecule has 0 saturated carbocycles. The lowest BCUT2D eigenvalue weighted by Gasteiger charge is -2.10. The zero-order chi connectivity index (χ0) is 18.9. The number of nitrogens with one attached hydrogen (secondary N) is 2. The lowest BCUT2D eigenvalue weighted by atomic mass is 10.1. The van der Waals surface area contributed by atoms with Gasteiger partial charge in [0.2, 0.25) is 11.0 Å². The average molecular weight is 370 g/mol. The molecule has 2 aromatic rings. The zero-order valence-electron chi connectivity index (χ0n) is 14.9. The molecular weight excluding hydrogens is 348 g/mol. The highest BCUT2D eigenvalue weighted by molar-refractivity contribution is 8.14. The second kappa shape index (κ2) is 9.77. The van der Waals surface area contributed by atoms with E-state index in [1.165, 1.54) is 0 Å². The maximum atomic E-state index is 12.6. The third-order valence-corrected chi connectivity index (χ3v) is 4.66. The number of aryl methyl sites for hydroxylation is 1. The van der Waals surface area contributed by atoms with E-state index in [0.717, 1.165) is 23.7 Å². The molecule has 0 atom stereocenters. The highest BCUT2D eigenvalue weighted by Crippen LogP contribution is 2.27. The van der Waals surface area contributed by atoms with E-state index >= 15 is 0 Å². The third-order valence-electron chi connectivity index (χ3n) is 3.68. The number of benzene rings is 2. The zero-order valence-corrected chi connectivity index (χ0v) is 15.7. The van der Waals surface area contributed by atoms with Gasteiger partial charge in [-0.15, -0.1) is 0 Å². The van der Waals surface area contributed by atoms with Crippen LogP contribution in [0.1, 0.15) is 39.6 Å². The van der Waals surface area contributed by atoms with Gasteiger partial charge in [-0.25, -0.2) is 0 Å². The number of rotatable bonds is 7. The molecule has 136 valence electrons. The molecule has 5 nitrogen and oxygen atoms in total. The van der Waals surface area contributed by atoms with Gasteiger partial charge in [-0.3, -0.25) is 14.4 Å². The average Bonchev–Trinajstić information content (AvgIpc) is 2.65. The van der Waals surface area contributed by atoms with Gasteiger partial charge in [0.15, 0.2) is 0 Å². The maximum absolute atomic E-state index is 12.6. The highest BCUT2D eigenvalue weighted by atomic mass is 32.2. The Kier molecular flexibility index (Phi) is 7.41. The van der Waals surface area contributed by atoms with Gasteiger partial charge < -0.3 is 10.6 Å². The third kappa shape index (κ3) is 5.46. The molecule has 0 aromatic heterocycles. The van der Waals surface area contributed by atoms with E-state index in [1.54, 1.807) is 30.3 Å². The van der Waals surface area contributed by atoms with Crippen LogP contribution in [-0.2, 0) is 4.79 Å². The molecule has 2 aromatic carbocycles. The van der Waals surface area contributed by atoms with Gasteiger partial charge in [-0.05, 0) is 42.8 Å². The van der Waals surface area contributed by atoms with E-state index in [2.05, 4.69) is 10.6 Å². The van der Waals surface area contributed by atoms with Crippen molar-refractivity contribution >= 4 is 28.7 Å². The molecular formula is C20H22N2O3S. The Balaban J connectivity index is 2.07. The molecule has 0 bridgehead atoms. The van der Waals surface area contributed by atoms with Gasteiger partial charge in [0.25, 0.3) is 5.91 Å². The Bertz CT molecular complexity index is 805. The second-order valence-electron chi connectivity index (χ2n) is 5.73. The molecule has 2 amide bonds. The number of amides is 2. The van der Waals surface area contributed by atoms with E-state index in [4.69, 9.17) is 0 Å². The van der Waals surface area contributed by atoms with Crippen LogP contribution in [0.15, 0.2) is 53.4 Å². The molecule has 0 unspecified atom stereocenters. The van der Waals surface area contributed by atoms with Gasteiger partial charge in [-0.1, -0.05) is 43.3 Å². The Morgan fingerprint density at radius 3 is 2.27 bits per heavy atom. The van der Waals surface area contributed by atoms with Crippen LogP contribution < -0.4 is 10.6 Å². The van der Waals surface area contributed by atoms with E-state index in [0.29, 0.717) is 22.6 Å². The summed E-state index contributed by atoms with van der Waals surface area (Å²) in [5, 5.41) is 5.18. The summed E-state index contributed by atoms with van der Waals surface area (Å²) in [6.07, 6.45) is 0.834. The van der Waals surface area contributed by atoms with Gasteiger partial charge >= 0.3 is 0 Å². The summed E-state index contributed by atoms with van der Waals surface area (Å²) < 4.78 is 0. The van der Waals surface area contributed by atoms with E-state index in [9.17, 15) is 14.4 Å². The number of carbonyl (C=O) groups excluding carboxylic acids is 3. The van der Waals surface area contributed by atoms with Crippen LogP contribution in [0.2, 0.25) is 0 Å². The molecule has 0 fully saturated rings. The minimum absolute atomic E-state index is 0.0937. The summed E-state index contributed by atoms with van der Waals surface area (Å²) in [4.78, 5) is 37.2. The summed E-state index contributed by atoms with van der Waals surface area (Å²) in [5.41, 5.74) is 1.88. The van der Waals surface area contributed by atoms with Gasteiger partial charge in [-0.2, -0.15) is 0 Å². The molecule has 0 saturated heterocycles. The van der Waals surface area contributed by atoms with E-state index < -0.39 is 0 Å². The standard InChI is InChI=1S/C20H22N2O3S/c1-3-12-21-18(23)13-22-19(24)16-10-6-7-11-17(16)26-20(25)15-9-5-4-8-14(15)2/h4-11H,3,12-13H2,1-2H3,(H,21,23)(H,22,24). The summed E-state index contributed by atoms with van der Waals surface area (Å²) >= 11 is 1.01. The van der Waals surface area contributed by atoms with Crippen molar-refractivity contribution in [3.8, 4) is 0 Å². The highest BCUT2D eigenvalue weighted by Gasteiger charge is 2.17. The fourth-order valence-electron chi connectivity index (χ4n) is 2.28. The first-order valence-corrected chi connectivity index (χ1v) is 9.26. The fraction of sp³-hybridized carbons (Fsp3) is 0.250. The van der Waals surface area contributed by atoms with Gasteiger partial charge in [0, 0.05) is 17.0 Å². The lowest BCUT2D eigenvalue weighted by molar-refractivity contribution is -0.120. The molecule has 0 radical (unpaired) electrons. The SMILES string of the molecule is CCCNC(=O)CNC(=O)c1ccccc1SC(=O)c1ccccc1C. The quantitative estimate of drug-likeness (QED) is 0.734. The lowest BCUT2D eigenvalue weighted by Crippen LogP contribution is -2.37. The Morgan fingerprint density at radius 1 is 0.923 bits per heavy atom. The van der Waals surface area contributed by atoms with E-state index in [-0.39, 0.29) is 23.5 Å². The number of carbonyl (C=O) groups is 3. The van der Waals surface area contributed by atoms with Crippen LogP contribution in [0.3, 0.4) is 0 Å². The normalized spacial score (nSPS) is 10.2. The van der Waals surface area contributed by atoms with Crippen LogP contribution >= 0.6 is 11.8 Å². The molecule has 0 spiro atoms. The first-order chi connectivity index (χ1) is 12.5. The van der Waals surface area contributed by atoms with Crippen molar-refractivity contribution in [1.82, 2.24) is 10.6 Å². The molecule has 0 heterocycles. The molecule has 26 heavy (non-hydrogen) atoms. The predicted octanol–water partition coefficient (Wildman–Crippen LogP) is 3.18. The van der Waals surface area contributed by atoms with Crippen molar-refractivity contribution in [2.24, 2.45) is 0 Å². The van der Waals surface area contributed by atoms with Crippen molar-refractivity contribution in [3.05, 3.63) is 65.2 Å². The van der Waals surface area contributed by atoms with Gasteiger partial charge in [0.05, 0.1) is 12.1 Å². The molecule has 2 N–H and O–H groups in total. The minimum Gasteiger partial charge on any atom is -0.355 e. The second-order valence-corrected chi connectivity index (χ2v) is 6.75. The van der Waals surface area contributed by atoms with Crippen molar-refractivity contribution in [2.45, 2.75) is 25.2 Å². The monoisotopic (exact) mass is 370 g/mol. The van der Waals surface area contributed by atoms with Crippen molar-refractivity contribution in [3.63, 3.8) is 0 Å². The number of hydrogen-bond donors (Lipinski definition) is 2. The summed E-state index contributed by atoms with van der Waals surface area (Å²) in [5.74, 6) is -0.612. The fourth-order valence-corrected chi connectivity index (χ4v) is 3.24. The summed E-state index contributed by atoms with van der Waals surface area (Å²) in [6, 6.07) is 14.2.